The zero-order valence-electron chi connectivity index (χ0n) is 8.92. The Kier molecular flexibility index (Phi) is 6.77. The fourth-order valence-corrected chi connectivity index (χ4v) is 1.01. The highest BCUT2D eigenvalue weighted by atomic mass is 16.2. The second-order valence-electron chi connectivity index (χ2n) is 3.46. The first-order chi connectivity index (χ1) is 6.63. The van der Waals surface area contributed by atoms with E-state index in [2.05, 4.69) is 5.32 Å². The first-order valence-electron chi connectivity index (χ1n) is 5.03. The number of rotatable bonds is 6. The SMILES string of the molecule is CCC(C)C(N)C(=O)NCCCC#N. The molecule has 0 aliphatic carbocycles. The van der Waals surface area contributed by atoms with Crippen LogP contribution in [0.2, 0.25) is 0 Å². The van der Waals surface area contributed by atoms with Crippen LogP contribution in [0.15, 0.2) is 0 Å². The topological polar surface area (TPSA) is 78.9 Å². The number of nitriles is 1. The molecule has 0 saturated heterocycles. The molecule has 0 fully saturated rings. The Bertz CT molecular complexity index is 210. The number of hydrogen-bond acceptors (Lipinski definition) is 3. The van der Waals surface area contributed by atoms with E-state index in [1.54, 1.807) is 0 Å². The van der Waals surface area contributed by atoms with Gasteiger partial charge in [0.2, 0.25) is 5.91 Å². The van der Waals surface area contributed by atoms with E-state index >= 15 is 0 Å². The Morgan fingerprint density at radius 2 is 2.29 bits per heavy atom. The number of hydrogen-bond donors (Lipinski definition) is 2. The van der Waals surface area contributed by atoms with E-state index in [0.717, 1.165) is 6.42 Å². The van der Waals surface area contributed by atoms with Crippen LogP contribution in [0.25, 0.3) is 0 Å². The zero-order chi connectivity index (χ0) is 11.0. The number of nitrogens with one attached hydrogen (secondary N) is 1. The summed E-state index contributed by atoms with van der Waals surface area (Å²) in [7, 11) is 0. The van der Waals surface area contributed by atoms with E-state index in [0.29, 0.717) is 19.4 Å². The average Bonchev–Trinajstić information content (AvgIpc) is 2.21. The monoisotopic (exact) mass is 197 g/mol. The van der Waals surface area contributed by atoms with Gasteiger partial charge in [0.25, 0.3) is 0 Å². The van der Waals surface area contributed by atoms with E-state index in [1.165, 1.54) is 0 Å². The van der Waals surface area contributed by atoms with Crippen molar-refractivity contribution in [1.29, 1.82) is 5.26 Å². The number of nitrogens with two attached hydrogens (primary N) is 1. The summed E-state index contributed by atoms with van der Waals surface area (Å²) < 4.78 is 0. The van der Waals surface area contributed by atoms with Gasteiger partial charge in [-0.2, -0.15) is 5.26 Å². The fourth-order valence-electron chi connectivity index (χ4n) is 1.01. The van der Waals surface area contributed by atoms with E-state index in [-0.39, 0.29) is 11.8 Å². The molecule has 4 nitrogen and oxygen atoms in total. The smallest absolute Gasteiger partial charge is 0.237 e. The highest BCUT2D eigenvalue weighted by Crippen LogP contribution is 2.04. The van der Waals surface area contributed by atoms with Gasteiger partial charge < -0.3 is 11.1 Å². The molecule has 14 heavy (non-hydrogen) atoms. The maximum atomic E-state index is 11.4. The number of carbonyl (C=O) groups is 1. The van der Waals surface area contributed by atoms with Gasteiger partial charge in [0, 0.05) is 13.0 Å². The lowest BCUT2D eigenvalue weighted by Crippen LogP contribution is -2.44. The van der Waals surface area contributed by atoms with E-state index < -0.39 is 6.04 Å². The Morgan fingerprint density at radius 3 is 2.79 bits per heavy atom. The van der Waals surface area contributed by atoms with Crippen molar-refractivity contribution in [2.75, 3.05) is 6.54 Å². The summed E-state index contributed by atoms with van der Waals surface area (Å²) in [5, 5.41) is 11.0. The van der Waals surface area contributed by atoms with Crippen molar-refractivity contribution in [3.63, 3.8) is 0 Å². The standard InChI is InChI=1S/C10H19N3O/c1-3-8(2)9(12)10(14)13-7-5-4-6-11/h8-9H,3-5,7,12H2,1-2H3,(H,13,14). The maximum Gasteiger partial charge on any atom is 0.237 e. The first-order valence-corrected chi connectivity index (χ1v) is 5.03. The molecule has 2 atom stereocenters. The summed E-state index contributed by atoms with van der Waals surface area (Å²) in [5.41, 5.74) is 5.71. The molecule has 0 aromatic rings. The average molecular weight is 197 g/mol. The largest absolute Gasteiger partial charge is 0.355 e. The fraction of sp³-hybridized carbons (Fsp3) is 0.800. The minimum atomic E-state index is -0.429. The first kappa shape index (κ1) is 12.9. The molecule has 3 N–H and O–H groups in total. The quantitative estimate of drug-likeness (QED) is 0.617. The molecular formula is C10H19N3O. The van der Waals surface area contributed by atoms with Crippen LogP contribution in [0.1, 0.15) is 33.1 Å². The molecule has 80 valence electrons. The number of unbranched alkanes of at least 4 members (excludes halogenated alkanes) is 1. The van der Waals surface area contributed by atoms with E-state index in [9.17, 15) is 4.79 Å². The van der Waals surface area contributed by atoms with Crippen LogP contribution >= 0.6 is 0 Å². The molecule has 0 bridgehead atoms. The zero-order valence-corrected chi connectivity index (χ0v) is 8.92. The van der Waals surface area contributed by atoms with Gasteiger partial charge in [0.1, 0.15) is 0 Å². The summed E-state index contributed by atoms with van der Waals surface area (Å²) in [6.07, 6.45) is 2.06. The molecule has 0 aromatic carbocycles. The third kappa shape index (κ3) is 4.83. The molecule has 0 heterocycles. The molecule has 4 heteroatoms. The van der Waals surface area contributed by atoms with Gasteiger partial charge in [0.15, 0.2) is 0 Å². The van der Waals surface area contributed by atoms with Crippen molar-refractivity contribution in [2.24, 2.45) is 11.7 Å². The maximum absolute atomic E-state index is 11.4. The minimum Gasteiger partial charge on any atom is -0.355 e. The lowest BCUT2D eigenvalue weighted by Gasteiger charge is -2.17. The normalized spacial score (nSPS) is 14.1. The van der Waals surface area contributed by atoms with Crippen LogP contribution in [0.4, 0.5) is 0 Å². The van der Waals surface area contributed by atoms with Gasteiger partial charge in [-0.05, 0) is 12.3 Å². The van der Waals surface area contributed by atoms with Crippen LogP contribution in [-0.2, 0) is 4.79 Å². The summed E-state index contributed by atoms with van der Waals surface area (Å²) in [5.74, 6) is 0.0863. The molecule has 0 aliphatic rings. The lowest BCUT2D eigenvalue weighted by molar-refractivity contribution is -0.123. The van der Waals surface area contributed by atoms with Crippen molar-refractivity contribution in [2.45, 2.75) is 39.2 Å². The van der Waals surface area contributed by atoms with Gasteiger partial charge >= 0.3 is 0 Å². The molecular weight excluding hydrogens is 178 g/mol. The van der Waals surface area contributed by atoms with Crippen molar-refractivity contribution in [1.82, 2.24) is 5.32 Å². The Labute approximate surface area is 85.5 Å². The number of amides is 1. The van der Waals surface area contributed by atoms with Gasteiger partial charge in [-0.1, -0.05) is 20.3 Å². The number of carbonyl (C=O) groups excluding carboxylic acids is 1. The van der Waals surface area contributed by atoms with Crippen molar-refractivity contribution >= 4 is 5.91 Å². The van der Waals surface area contributed by atoms with Crippen molar-refractivity contribution in [3.05, 3.63) is 0 Å². The van der Waals surface area contributed by atoms with E-state index in [4.69, 9.17) is 11.0 Å². The van der Waals surface area contributed by atoms with E-state index in [1.807, 2.05) is 19.9 Å². The van der Waals surface area contributed by atoms with Crippen LogP contribution in [0, 0.1) is 17.2 Å². The highest BCUT2D eigenvalue weighted by molar-refractivity contribution is 5.81. The summed E-state index contributed by atoms with van der Waals surface area (Å²) >= 11 is 0. The Morgan fingerprint density at radius 1 is 1.64 bits per heavy atom. The van der Waals surface area contributed by atoms with Gasteiger partial charge in [-0.25, -0.2) is 0 Å². The molecule has 0 aromatic heterocycles. The second-order valence-corrected chi connectivity index (χ2v) is 3.46. The Hall–Kier alpha value is -1.08. The molecule has 0 radical (unpaired) electrons. The molecule has 0 saturated carbocycles. The van der Waals surface area contributed by atoms with Crippen LogP contribution < -0.4 is 11.1 Å². The predicted octanol–water partition coefficient (Wildman–Crippen LogP) is 0.780. The summed E-state index contributed by atoms with van der Waals surface area (Å²) in [6.45, 7) is 4.50. The van der Waals surface area contributed by atoms with Crippen LogP contribution in [-0.4, -0.2) is 18.5 Å². The number of nitrogens with zero attached hydrogens (tertiary/aromatic N) is 1. The molecule has 0 rings (SSSR count). The van der Waals surface area contributed by atoms with Crippen molar-refractivity contribution < 1.29 is 4.79 Å². The third-order valence-electron chi connectivity index (χ3n) is 2.32. The highest BCUT2D eigenvalue weighted by Gasteiger charge is 2.18. The predicted molar refractivity (Wildman–Crippen MR) is 55.3 cm³/mol. The van der Waals surface area contributed by atoms with Gasteiger partial charge in [-0.3, -0.25) is 4.79 Å². The van der Waals surface area contributed by atoms with Crippen molar-refractivity contribution in [3.8, 4) is 6.07 Å². The molecule has 0 spiro atoms. The Balaban J connectivity index is 3.68. The second kappa shape index (κ2) is 7.34. The molecule has 0 aliphatic heterocycles. The molecule has 1 amide bonds. The summed E-state index contributed by atoms with van der Waals surface area (Å²) in [6, 6.07) is 1.59. The van der Waals surface area contributed by atoms with Crippen LogP contribution in [0.5, 0.6) is 0 Å². The van der Waals surface area contributed by atoms with Crippen LogP contribution in [0.3, 0.4) is 0 Å². The lowest BCUT2D eigenvalue weighted by atomic mass is 9.99. The minimum absolute atomic E-state index is 0.114. The summed E-state index contributed by atoms with van der Waals surface area (Å²) in [4.78, 5) is 11.4. The molecule has 2 unspecified atom stereocenters. The third-order valence-corrected chi connectivity index (χ3v) is 2.32. The van der Waals surface area contributed by atoms with Gasteiger partial charge in [-0.15, -0.1) is 0 Å². The van der Waals surface area contributed by atoms with Gasteiger partial charge in [0.05, 0.1) is 12.1 Å².